The second-order valence-electron chi connectivity index (χ2n) is 15.2. The summed E-state index contributed by atoms with van der Waals surface area (Å²) in [4.78, 5) is 5.01. The largest absolute Gasteiger partial charge is 0.493 e. The van der Waals surface area contributed by atoms with Crippen LogP contribution in [0, 0.1) is 0 Å². The molecule has 8 rings (SSSR count). The van der Waals surface area contributed by atoms with E-state index in [2.05, 4.69) is 157 Å². The zero-order valence-electron chi connectivity index (χ0n) is 33.4. The second-order valence-corrected chi connectivity index (χ2v) is 15.2. The number of unbranched alkanes of at least 4 members (excludes halogenated alkanes) is 2. The first-order chi connectivity index (χ1) is 27.5. The van der Waals surface area contributed by atoms with E-state index in [1.54, 1.807) is 14.2 Å². The van der Waals surface area contributed by atoms with E-state index in [0.717, 1.165) is 70.5 Å². The monoisotopic (exact) mass is 742 g/mol. The number of ether oxygens (including phenoxy) is 3. The van der Waals surface area contributed by atoms with Crippen LogP contribution in [0.4, 0.5) is 11.4 Å². The number of rotatable bonds is 14. The molecule has 2 aliphatic rings. The van der Waals surface area contributed by atoms with Gasteiger partial charge in [-0.05, 0) is 113 Å². The van der Waals surface area contributed by atoms with E-state index >= 15 is 0 Å². The van der Waals surface area contributed by atoms with Gasteiger partial charge in [0.15, 0.2) is 17.1 Å². The first-order valence-electron chi connectivity index (χ1n) is 20.5. The minimum Gasteiger partial charge on any atom is -0.493 e. The van der Waals surface area contributed by atoms with E-state index in [0.29, 0.717) is 11.5 Å². The van der Waals surface area contributed by atoms with Gasteiger partial charge in [-0.1, -0.05) is 106 Å². The first-order valence-corrected chi connectivity index (χ1v) is 20.5. The standard InChI is InChI=1S/C51H54N2O3/c1-5-7-30-52(31-8-6-2)42-24-20-38(21-25-42)37-16-18-39(19-17-37)45-34-48-44(46-35-49(54-3)50(55-4)36-47(45)46)28-29-51(56-48,40-14-10-9-11-15-40)41-22-26-43(27-23-41)53-32-12-13-33-53/h9-11,14-29,34-36H,5-8,12-13,30-33H2,1-4H3. The van der Waals surface area contributed by atoms with E-state index in [9.17, 15) is 0 Å². The number of fused-ring (bicyclic) bond motifs is 3. The summed E-state index contributed by atoms with van der Waals surface area (Å²) in [6, 6.07) is 44.0. The van der Waals surface area contributed by atoms with Crippen LogP contribution in [0.3, 0.4) is 0 Å². The molecule has 56 heavy (non-hydrogen) atoms. The molecule has 1 atom stereocenters. The Balaban J connectivity index is 1.19. The Labute approximate surface area is 333 Å². The van der Waals surface area contributed by atoms with Gasteiger partial charge in [0.1, 0.15) is 5.75 Å². The summed E-state index contributed by atoms with van der Waals surface area (Å²) >= 11 is 0. The number of hydrogen-bond acceptors (Lipinski definition) is 5. The lowest BCUT2D eigenvalue weighted by Crippen LogP contribution is -2.34. The van der Waals surface area contributed by atoms with Crippen LogP contribution < -0.4 is 24.0 Å². The molecule has 0 amide bonds. The number of nitrogens with zero attached hydrogens (tertiary/aromatic N) is 2. The SMILES string of the molecule is CCCCN(CCCC)c1ccc(-c2ccc(-c3cc4c(c5cc(OC)c(OC)cc35)C=CC(c3ccccc3)(c3ccc(N5CCCC5)cc3)O4)cc2)cc1. The van der Waals surface area contributed by atoms with Crippen molar-refractivity contribution >= 4 is 28.2 Å². The highest BCUT2D eigenvalue weighted by Crippen LogP contribution is 2.49. The minimum atomic E-state index is -0.808. The fourth-order valence-corrected chi connectivity index (χ4v) is 8.48. The maximum atomic E-state index is 7.35. The molecule has 0 saturated carbocycles. The van der Waals surface area contributed by atoms with Gasteiger partial charge in [0.05, 0.1) is 14.2 Å². The lowest BCUT2D eigenvalue weighted by Gasteiger charge is -2.37. The zero-order valence-corrected chi connectivity index (χ0v) is 33.4. The van der Waals surface area contributed by atoms with Crippen LogP contribution in [0.25, 0.3) is 39.1 Å². The predicted octanol–water partition coefficient (Wildman–Crippen LogP) is 12.5. The van der Waals surface area contributed by atoms with E-state index in [1.165, 1.54) is 61.0 Å². The van der Waals surface area contributed by atoms with Crippen molar-refractivity contribution in [1.29, 1.82) is 0 Å². The van der Waals surface area contributed by atoms with Crippen molar-refractivity contribution in [2.75, 3.05) is 50.2 Å². The third kappa shape index (κ3) is 7.23. The quantitative estimate of drug-likeness (QED) is 0.111. The highest BCUT2D eigenvalue weighted by Gasteiger charge is 2.38. The molecule has 0 N–H and O–H groups in total. The molecule has 2 aliphatic heterocycles. The van der Waals surface area contributed by atoms with Crippen LogP contribution >= 0.6 is 0 Å². The fraction of sp³-hybridized carbons (Fsp3) is 0.294. The Morgan fingerprint density at radius 3 is 1.82 bits per heavy atom. The first kappa shape index (κ1) is 37.3. The molecule has 0 aromatic heterocycles. The molecule has 1 fully saturated rings. The van der Waals surface area contributed by atoms with Crippen LogP contribution in [0.2, 0.25) is 0 Å². The van der Waals surface area contributed by atoms with Crippen molar-refractivity contribution in [2.45, 2.75) is 58.0 Å². The molecule has 5 heteroatoms. The molecule has 5 nitrogen and oxygen atoms in total. The van der Waals surface area contributed by atoms with Crippen LogP contribution in [0.1, 0.15) is 69.1 Å². The van der Waals surface area contributed by atoms with Gasteiger partial charge in [0.2, 0.25) is 0 Å². The van der Waals surface area contributed by atoms with Crippen molar-refractivity contribution in [3.8, 4) is 39.5 Å². The van der Waals surface area contributed by atoms with Crippen LogP contribution in [0.15, 0.2) is 127 Å². The summed E-state index contributed by atoms with van der Waals surface area (Å²) in [5.41, 5.74) is 9.55. The molecular formula is C51H54N2O3. The van der Waals surface area contributed by atoms with Crippen LogP contribution in [-0.4, -0.2) is 40.4 Å². The smallest absolute Gasteiger partial charge is 0.178 e. The Morgan fingerprint density at radius 1 is 0.643 bits per heavy atom. The van der Waals surface area contributed by atoms with E-state index in [4.69, 9.17) is 14.2 Å². The molecule has 6 aromatic rings. The predicted molar refractivity (Wildman–Crippen MR) is 235 cm³/mol. The summed E-state index contributed by atoms with van der Waals surface area (Å²) in [6.07, 6.45) is 11.8. The number of anilines is 2. The van der Waals surface area contributed by atoms with Gasteiger partial charge in [-0.25, -0.2) is 0 Å². The topological polar surface area (TPSA) is 34.2 Å². The average Bonchev–Trinajstić information content (AvgIpc) is 3.81. The summed E-state index contributed by atoms with van der Waals surface area (Å²) in [5.74, 6) is 2.21. The summed E-state index contributed by atoms with van der Waals surface area (Å²) < 4.78 is 19.0. The maximum Gasteiger partial charge on any atom is 0.178 e. The third-order valence-corrected chi connectivity index (χ3v) is 11.7. The lowest BCUT2D eigenvalue weighted by atomic mass is 9.82. The molecule has 0 spiro atoms. The van der Waals surface area contributed by atoms with Crippen molar-refractivity contribution in [2.24, 2.45) is 0 Å². The van der Waals surface area contributed by atoms with Gasteiger partial charge < -0.3 is 24.0 Å². The molecule has 0 bridgehead atoms. The van der Waals surface area contributed by atoms with E-state index in [1.807, 2.05) is 0 Å². The molecule has 1 unspecified atom stereocenters. The summed E-state index contributed by atoms with van der Waals surface area (Å²) in [7, 11) is 3.39. The molecule has 2 heterocycles. The van der Waals surface area contributed by atoms with Gasteiger partial charge >= 0.3 is 0 Å². The van der Waals surface area contributed by atoms with Crippen LogP contribution in [0.5, 0.6) is 17.2 Å². The molecule has 0 radical (unpaired) electrons. The van der Waals surface area contributed by atoms with Gasteiger partial charge in [-0.3, -0.25) is 0 Å². The lowest BCUT2D eigenvalue weighted by molar-refractivity contribution is 0.161. The highest BCUT2D eigenvalue weighted by molar-refractivity contribution is 6.05. The second kappa shape index (κ2) is 16.6. The molecule has 6 aromatic carbocycles. The normalized spacial score (nSPS) is 16.1. The number of benzene rings is 6. The highest BCUT2D eigenvalue weighted by atomic mass is 16.5. The van der Waals surface area contributed by atoms with E-state index in [-0.39, 0.29) is 0 Å². The number of hydrogen-bond donors (Lipinski definition) is 0. The van der Waals surface area contributed by atoms with Crippen molar-refractivity contribution in [3.63, 3.8) is 0 Å². The fourth-order valence-electron chi connectivity index (χ4n) is 8.48. The molecular weight excluding hydrogens is 689 g/mol. The molecule has 1 saturated heterocycles. The van der Waals surface area contributed by atoms with Gasteiger partial charge in [0, 0.05) is 54.2 Å². The Kier molecular flexibility index (Phi) is 11.0. The number of methoxy groups -OCH3 is 2. The summed E-state index contributed by atoms with van der Waals surface area (Å²) in [6.45, 7) is 8.96. The Hall–Kier alpha value is -5.68. The maximum absolute atomic E-state index is 7.35. The van der Waals surface area contributed by atoms with Gasteiger partial charge in [0.25, 0.3) is 0 Å². The summed E-state index contributed by atoms with van der Waals surface area (Å²) in [5, 5.41) is 2.13. The van der Waals surface area contributed by atoms with Crippen LogP contribution in [-0.2, 0) is 5.60 Å². The Morgan fingerprint density at radius 2 is 1.21 bits per heavy atom. The third-order valence-electron chi connectivity index (χ3n) is 11.7. The van der Waals surface area contributed by atoms with Crippen molar-refractivity contribution < 1.29 is 14.2 Å². The average molecular weight is 743 g/mol. The zero-order chi connectivity index (χ0) is 38.5. The molecule has 0 aliphatic carbocycles. The van der Waals surface area contributed by atoms with Crippen molar-refractivity contribution in [1.82, 2.24) is 0 Å². The van der Waals surface area contributed by atoms with Crippen molar-refractivity contribution in [3.05, 3.63) is 144 Å². The van der Waals surface area contributed by atoms with Gasteiger partial charge in [-0.15, -0.1) is 0 Å². The van der Waals surface area contributed by atoms with E-state index < -0.39 is 5.60 Å². The Bertz CT molecular complexity index is 2270. The molecule has 286 valence electrons. The van der Waals surface area contributed by atoms with Gasteiger partial charge in [-0.2, -0.15) is 0 Å². The minimum absolute atomic E-state index is 0.687.